The van der Waals surface area contributed by atoms with E-state index in [2.05, 4.69) is 10.00 Å². The summed E-state index contributed by atoms with van der Waals surface area (Å²) in [6.45, 7) is 5.53. The van der Waals surface area contributed by atoms with Crippen LogP contribution in [0, 0.1) is 0 Å². The highest BCUT2D eigenvalue weighted by Gasteiger charge is 2.22. The second-order valence-corrected chi connectivity index (χ2v) is 7.96. The first kappa shape index (κ1) is 19.2. The van der Waals surface area contributed by atoms with Crippen LogP contribution in [-0.2, 0) is 19.5 Å². The van der Waals surface area contributed by atoms with E-state index in [0.29, 0.717) is 17.1 Å². The van der Waals surface area contributed by atoms with Gasteiger partial charge in [-0.15, -0.1) is 0 Å². The fourth-order valence-electron chi connectivity index (χ4n) is 3.99. The Kier molecular flexibility index (Phi) is 5.82. The molecule has 0 aliphatic carbocycles. The maximum Gasteiger partial charge on any atom is 0.345 e. The number of fused-ring (bicyclic) bond motifs is 1. The lowest BCUT2D eigenvalue weighted by Gasteiger charge is -2.34. The van der Waals surface area contributed by atoms with Gasteiger partial charge in [0.25, 0.3) is 5.91 Å². The van der Waals surface area contributed by atoms with Crippen molar-refractivity contribution in [2.24, 2.45) is 0 Å². The number of halogens is 1. The molecule has 1 amide bonds. The van der Waals surface area contributed by atoms with Crippen molar-refractivity contribution in [1.82, 2.24) is 24.1 Å². The van der Waals surface area contributed by atoms with E-state index in [1.165, 1.54) is 0 Å². The van der Waals surface area contributed by atoms with Crippen molar-refractivity contribution in [1.29, 1.82) is 0 Å². The lowest BCUT2D eigenvalue weighted by molar-refractivity contribution is 0.0634. The van der Waals surface area contributed by atoms with Crippen molar-refractivity contribution in [3.8, 4) is 0 Å². The van der Waals surface area contributed by atoms with E-state index in [-0.39, 0.29) is 11.6 Å². The average Bonchev–Trinajstić information content (AvgIpc) is 3.05. The van der Waals surface area contributed by atoms with Crippen LogP contribution in [0.2, 0.25) is 5.02 Å². The monoisotopic (exact) mass is 403 g/mol. The van der Waals surface area contributed by atoms with Crippen molar-refractivity contribution in [2.75, 3.05) is 32.7 Å². The summed E-state index contributed by atoms with van der Waals surface area (Å²) in [6.07, 6.45) is 3.99. The number of benzene rings is 1. The van der Waals surface area contributed by atoms with Crippen LogP contribution < -0.4 is 5.69 Å². The topological polar surface area (TPSA) is 63.4 Å². The van der Waals surface area contributed by atoms with E-state index in [1.807, 2.05) is 9.47 Å². The third kappa shape index (κ3) is 4.15. The van der Waals surface area contributed by atoms with E-state index in [9.17, 15) is 9.59 Å². The van der Waals surface area contributed by atoms with Crippen molar-refractivity contribution < 1.29 is 4.79 Å². The molecule has 0 unspecified atom stereocenters. The molecule has 1 aromatic carbocycles. The normalized spacial score (nSPS) is 17.5. The second-order valence-electron chi connectivity index (χ2n) is 7.52. The fraction of sp³-hybridized carbons (Fsp3) is 0.550. The number of hydrogen-bond donors (Lipinski definition) is 0. The number of carbonyl (C=O) groups is 1. The highest BCUT2D eigenvalue weighted by molar-refractivity contribution is 6.30. The summed E-state index contributed by atoms with van der Waals surface area (Å²) in [7, 11) is 0. The first-order valence-corrected chi connectivity index (χ1v) is 10.4. The van der Waals surface area contributed by atoms with Gasteiger partial charge in [-0.1, -0.05) is 11.6 Å². The molecule has 0 radical (unpaired) electrons. The van der Waals surface area contributed by atoms with Crippen LogP contribution in [-0.4, -0.2) is 62.8 Å². The van der Waals surface area contributed by atoms with Gasteiger partial charge in [0.1, 0.15) is 5.82 Å². The van der Waals surface area contributed by atoms with Gasteiger partial charge in [0, 0.05) is 62.8 Å². The molecule has 1 aromatic heterocycles. The number of rotatable bonds is 5. The molecule has 0 atom stereocenters. The molecular weight excluding hydrogens is 378 g/mol. The molecule has 1 fully saturated rings. The maximum absolute atomic E-state index is 12.6. The fourth-order valence-corrected chi connectivity index (χ4v) is 4.11. The average molecular weight is 404 g/mol. The Morgan fingerprint density at radius 2 is 1.75 bits per heavy atom. The Labute approximate surface area is 169 Å². The van der Waals surface area contributed by atoms with Gasteiger partial charge in [-0.2, -0.15) is 5.10 Å². The second kappa shape index (κ2) is 8.49. The Balaban J connectivity index is 1.24. The summed E-state index contributed by atoms with van der Waals surface area (Å²) in [6, 6.07) is 7.06. The van der Waals surface area contributed by atoms with E-state index < -0.39 is 0 Å². The van der Waals surface area contributed by atoms with Crippen LogP contribution in [0.3, 0.4) is 0 Å². The predicted octanol–water partition coefficient (Wildman–Crippen LogP) is 1.88. The first-order valence-electron chi connectivity index (χ1n) is 10.1. The van der Waals surface area contributed by atoms with Crippen LogP contribution in [0.4, 0.5) is 0 Å². The summed E-state index contributed by atoms with van der Waals surface area (Å²) >= 11 is 5.89. The molecule has 2 aliphatic rings. The zero-order valence-electron chi connectivity index (χ0n) is 16.0. The third-order valence-corrected chi connectivity index (χ3v) is 5.88. The Hall–Kier alpha value is -2.12. The van der Waals surface area contributed by atoms with Crippen molar-refractivity contribution in [3.05, 3.63) is 51.2 Å². The van der Waals surface area contributed by atoms with Crippen LogP contribution in [0.15, 0.2) is 29.1 Å². The highest BCUT2D eigenvalue weighted by atomic mass is 35.5. The Morgan fingerprint density at radius 1 is 1.00 bits per heavy atom. The van der Waals surface area contributed by atoms with Gasteiger partial charge in [0.05, 0.1) is 0 Å². The minimum absolute atomic E-state index is 0.0353. The van der Waals surface area contributed by atoms with Gasteiger partial charge in [-0.25, -0.2) is 9.48 Å². The van der Waals surface area contributed by atoms with Crippen LogP contribution in [0.25, 0.3) is 0 Å². The van der Waals surface area contributed by atoms with Crippen molar-refractivity contribution >= 4 is 17.5 Å². The molecule has 2 aromatic rings. The molecule has 0 saturated carbocycles. The van der Waals surface area contributed by atoms with Gasteiger partial charge in [0.2, 0.25) is 0 Å². The van der Waals surface area contributed by atoms with Gasteiger partial charge in [-0.3, -0.25) is 14.3 Å². The Morgan fingerprint density at radius 3 is 2.46 bits per heavy atom. The predicted molar refractivity (Wildman–Crippen MR) is 108 cm³/mol. The summed E-state index contributed by atoms with van der Waals surface area (Å²) in [5, 5.41) is 5.13. The van der Waals surface area contributed by atoms with Gasteiger partial charge in [0.15, 0.2) is 0 Å². The van der Waals surface area contributed by atoms with Crippen LogP contribution >= 0.6 is 11.6 Å². The smallest absolute Gasteiger partial charge is 0.336 e. The summed E-state index contributed by atoms with van der Waals surface area (Å²) < 4.78 is 3.45. The van der Waals surface area contributed by atoms with Gasteiger partial charge in [-0.05, 0) is 43.5 Å². The number of carbonyl (C=O) groups excluding carboxylic acids is 1. The minimum Gasteiger partial charge on any atom is -0.336 e. The lowest BCUT2D eigenvalue weighted by atomic mass is 10.2. The standard InChI is InChI=1S/C20H26ClN5O2/c21-17-7-5-16(6-8-17)19(27)24-14-12-23(13-15-24)9-3-11-26-20(28)25-10-2-1-4-18(25)22-26/h5-8H,1-4,9-15H2. The highest BCUT2D eigenvalue weighted by Crippen LogP contribution is 2.13. The van der Waals surface area contributed by atoms with E-state index in [4.69, 9.17) is 11.6 Å². The van der Waals surface area contributed by atoms with E-state index >= 15 is 0 Å². The molecule has 0 spiro atoms. The van der Waals surface area contributed by atoms with Gasteiger partial charge < -0.3 is 4.90 Å². The first-order chi connectivity index (χ1) is 13.6. The SMILES string of the molecule is O=C(c1ccc(Cl)cc1)N1CCN(CCCn2nc3n(c2=O)CCCC3)CC1. The molecule has 7 nitrogen and oxygen atoms in total. The van der Waals surface area contributed by atoms with E-state index in [1.54, 1.807) is 28.9 Å². The molecule has 3 heterocycles. The molecule has 0 bridgehead atoms. The largest absolute Gasteiger partial charge is 0.345 e. The number of aromatic nitrogens is 3. The quantitative estimate of drug-likeness (QED) is 0.764. The molecule has 8 heteroatoms. The number of amides is 1. The molecule has 2 aliphatic heterocycles. The molecule has 28 heavy (non-hydrogen) atoms. The zero-order valence-corrected chi connectivity index (χ0v) is 16.8. The van der Waals surface area contributed by atoms with Crippen LogP contribution in [0.1, 0.15) is 35.4 Å². The molecular formula is C20H26ClN5O2. The molecule has 1 saturated heterocycles. The van der Waals surface area contributed by atoms with Crippen molar-refractivity contribution in [3.63, 3.8) is 0 Å². The summed E-state index contributed by atoms with van der Waals surface area (Å²) in [5.74, 6) is 0.997. The molecule has 0 N–H and O–H groups in total. The van der Waals surface area contributed by atoms with E-state index in [0.717, 1.165) is 70.8 Å². The summed E-state index contributed by atoms with van der Waals surface area (Å²) in [5.41, 5.74) is 0.717. The third-order valence-electron chi connectivity index (χ3n) is 5.63. The number of hydrogen-bond acceptors (Lipinski definition) is 4. The number of nitrogens with zero attached hydrogens (tertiary/aromatic N) is 5. The number of piperazine rings is 1. The van der Waals surface area contributed by atoms with Crippen molar-refractivity contribution in [2.45, 2.75) is 38.8 Å². The Bertz CT molecular complexity index is 881. The maximum atomic E-state index is 12.6. The molecule has 4 rings (SSSR count). The number of aryl methyl sites for hydroxylation is 2. The minimum atomic E-state index is 0.0353. The zero-order chi connectivity index (χ0) is 19.5. The van der Waals surface area contributed by atoms with Gasteiger partial charge >= 0.3 is 5.69 Å². The molecule has 150 valence electrons. The summed E-state index contributed by atoms with van der Waals surface area (Å²) in [4.78, 5) is 29.2. The van der Waals surface area contributed by atoms with Crippen LogP contribution in [0.5, 0.6) is 0 Å². The lowest BCUT2D eigenvalue weighted by Crippen LogP contribution is -2.49.